The van der Waals surface area contributed by atoms with Gasteiger partial charge in [0.05, 0.1) is 14.2 Å². The fourth-order valence-electron chi connectivity index (χ4n) is 3.14. The molecule has 1 amide bonds. The molecule has 10 heteroatoms. The number of anilines is 2. The lowest BCUT2D eigenvalue weighted by atomic mass is 10.1. The highest BCUT2D eigenvalue weighted by Crippen LogP contribution is 2.30. The Morgan fingerprint density at radius 1 is 1.09 bits per heavy atom. The van der Waals surface area contributed by atoms with E-state index in [-0.39, 0.29) is 5.91 Å². The van der Waals surface area contributed by atoms with Crippen molar-refractivity contribution >= 4 is 23.3 Å². The quantitative estimate of drug-likeness (QED) is 0.423. The summed E-state index contributed by atoms with van der Waals surface area (Å²) in [6.07, 6.45) is 3.52. The first kappa shape index (κ1) is 22.0. The van der Waals surface area contributed by atoms with Crippen molar-refractivity contribution in [2.24, 2.45) is 5.92 Å². The molecule has 0 spiro atoms. The van der Waals surface area contributed by atoms with Crippen LogP contribution in [0.4, 0.5) is 11.8 Å². The van der Waals surface area contributed by atoms with Gasteiger partial charge in [-0.3, -0.25) is 4.79 Å². The van der Waals surface area contributed by atoms with Crippen LogP contribution in [0.5, 0.6) is 11.6 Å². The van der Waals surface area contributed by atoms with Crippen LogP contribution in [-0.2, 0) is 0 Å². The summed E-state index contributed by atoms with van der Waals surface area (Å²) in [5.74, 6) is 1.95. The third kappa shape index (κ3) is 5.00. The summed E-state index contributed by atoms with van der Waals surface area (Å²) < 4.78 is 12.2. The summed E-state index contributed by atoms with van der Waals surface area (Å²) in [5, 5.41) is 10.4. The highest BCUT2D eigenvalue weighted by Gasteiger charge is 2.12. The summed E-state index contributed by atoms with van der Waals surface area (Å²) in [5.41, 5.74) is 2.72. The average molecular weight is 447 g/mol. The molecule has 170 valence electrons. The standard InChI is InChI=1S/C23H25N7O3/c1-14(2)12-24-21(31)17-6-5-7-19(26-17)27-23-28-20-11-15(8-9-30(20)29-23)16-10-18(32-3)22(33-4)25-13-16/h5-11,13-14H,12H2,1-4H3,(H,24,31)(H,26,27,29). The summed E-state index contributed by atoms with van der Waals surface area (Å²) in [4.78, 5) is 25.5. The first-order valence-corrected chi connectivity index (χ1v) is 10.4. The van der Waals surface area contributed by atoms with E-state index in [4.69, 9.17) is 9.47 Å². The summed E-state index contributed by atoms with van der Waals surface area (Å²) in [6.45, 7) is 4.66. The van der Waals surface area contributed by atoms with Crippen LogP contribution >= 0.6 is 0 Å². The Kier molecular flexibility index (Phi) is 6.34. The van der Waals surface area contributed by atoms with Gasteiger partial charge in [-0.1, -0.05) is 19.9 Å². The SMILES string of the molecule is COc1cc(-c2ccn3nc(Nc4cccc(C(=O)NCC(C)C)n4)nc3c2)cnc1OC. The van der Waals surface area contributed by atoms with E-state index in [9.17, 15) is 4.79 Å². The number of methoxy groups -OCH3 is 2. The van der Waals surface area contributed by atoms with Gasteiger partial charge in [-0.05, 0) is 41.8 Å². The fourth-order valence-corrected chi connectivity index (χ4v) is 3.14. The number of hydrogen-bond acceptors (Lipinski definition) is 8. The second-order valence-corrected chi connectivity index (χ2v) is 7.73. The number of pyridine rings is 3. The zero-order valence-corrected chi connectivity index (χ0v) is 18.9. The van der Waals surface area contributed by atoms with Crippen molar-refractivity contribution in [2.75, 3.05) is 26.1 Å². The van der Waals surface area contributed by atoms with Gasteiger partial charge >= 0.3 is 0 Å². The molecule has 0 saturated carbocycles. The first-order chi connectivity index (χ1) is 16.0. The smallest absolute Gasteiger partial charge is 0.269 e. The van der Waals surface area contributed by atoms with Gasteiger partial charge in [0.1, 0.15) is 11.5 Å². The molecule has 0 fully saturated rings. The maximum atomic E-state index is 12.3. The number of carbonyl (C=O) groups is 1. The lowest BCUT2D eigenvalue weighted by Gasteiger charge is -2.08. The summed E-state index contributed by atoms with van der Waals surface area (Å²) >= 11 is 0. The molecule has 4 rings (SSSR count). The van der Waals surface area contributed by atoms with Gasteiger partial charge in [0.2, 0.25) is 5.95 Å². The average Bonchev–Trinajstić information content (AvgIpc) is 3.23. The molecule has 33 heavy (non-hydrogen) atoms. The zero-order chi connectivity index (χ0) is 23.4. The van der Waals surface area contributed by atoms with Crippen molar-refractivity contribution in [3.8, 4) is 22.8 Å². The molecule has 4 heterocycles. The highest BCUT2D eigenvalue weighted by molar-refractivity contribution is 5.92. The number of hydrogen-bond donors (Lipinski definition) is 2. The Morgan fingerprint density at radius 2 is 1.94 bits per heavy atom. The lowest BCUT2D eigenvalue weighted by Crippen LogP contribution is -2.28. The monoisotopic (exact) mass is 447 g/mol. The van der Waals surface area contributed by atoms with Crippen LogP contribution in [0, 0.1) is 5.92 Å². The molecule has 2 N–H and O–H groups in total. The number of carbonyl (C=O) groups excluding carboxylic acids is 1. The van der Waals surface area contributed by atoms with E-state index < -0.39 is 0 Å². The maximum absolute atomic E-state index is 12.3. The molecule has 4 aromatic rings. The number of ether oxygens (including phenoxy) is 2. The molecule has 0 bridgehead atoms. The Morgan fingerprint density at radius 3 is 2.70 bits per heavy atom. The summed E-state index contributed by atoms with van der Waals surface area (Å²) in [7, 11) is 3.11. The number of rotatable bonds is 8. The van der Waals surface area contributed by atoms with Crippen molar-refractivity contribution in [1.29, 1.82) is 0 Å². The number of aromatic nitrogens is 5. The fraction of sp³-hybridized carbons (Fsp3) is 0.261. The molecule has 10 nitrogen and oxygen atoms in total. The van der Waals surface area contributed by atoms with Crippen molar-refractivity contribution < 1.29 is 14.3 Å². The van der Waals surface area contributed by atoms with Gasteiger partial charge in [-0.2, -0.15) is 4.98 Å². The third-order valence-corrected chi connectivity index (χ3v) is 4.79. The largest absolute Gasteiger partial charge is 0.491 e. The first-order valence-electron chi connectivity index (χ1n) is 10.4. The molecule has 0 saturated heterocycles. The van der Waals surface area contributed by atoms with Crippen molar-refractivity contribution in [2.45, 2.75) is 13.8 Å². The van der Waals surface area contributed by atoms with Crippen LogP contribution in [0.2, 0.25) is 0 Å². The molecular weight excluding hydrogens is 422 g/mol. The Bertz CT molecular complexity index is 1290. The van der Waals surface area contributed by atoms with E-state index in [0.29, 0.717) is 47.2 Å². The van der Waals surface area contributed by atoms with Crippen LogP contribution in [0.25, 0.3) is 16.8 Å². The number of fused-ring (bicyclic) bond motifs is 1. The number of amides is 1. The van der Waals surface area contributed by atoms with Gasteiger partial charge in [-0.15, -0.1) is 5.10 Å². The van der Waals surface area contributed by atoms with Crippen molar-refractivity contribution in [3.05, 3.63) is 54.5 Å². The van der Waals surface area contributed by atoms with Gasteiger partial charge < -0.3 is 20.1 Å². The third-order valence-electron chi connectivity index (χ3n) is 4.79. The van der Waals surface area contributed by atoms with Gasteiger partial charge in [0, 0.05) is 24.5 Å². The van der Waals surface area contributed by atoms with Crippen LogP contribution in [-0.4, -0.2) is 51.2 Å². The van der Waals surface area contributed by atoms with Crippen LogP contribution in [0.1, 0.15) is 24.3 Å². The molecule has 4 aromatic heterocycles. The Labute approximate surface area is 191 Å². The van der Waals surface area contributed by atoms with Gasteiger partial charge in [0.15, 0.2) is 11.4 Å². The lowest BCUT2D eigenvalue weighted by molar-refractivity contribution is 0.0944. The minimum Gasteiger partial charge on any atom is -0.491 e. The van der Waals surface area contributed by atoms with Crippen LogP contribution < -0.4 is 20.1 Å². The molecule has 0 radical (unpaired) electrons. The van der Waals surface area contributed by atoms with E-state index in [0.717, 1.165) is 11.1 Å². The van der Waals surface area contributed by atoms with E-state index >= 15 is 0 Å². The maximum Gasteiger partial charge on any atom is 0.269 e. The molecule has 0 atom stereocenters. The highest BCUT2D eigenvalue weighted by atomic mass is 16.5. The number of nitrogens with one attached hydrogen (secondary N) is 2. The van der Waals surface area contributed by atoms with Gasteiger partial charge in [0.25, 0.3) is 11.8 Å². The van der Waals surface area contributed by atoms with Gasteiger partial charge in [-0.25, -0.2) is 14.5 Å². The topological polar surface area (TPSA) is 116 Å². The summed E-state index contributed by atoms with van der Waals surface area (Å²) in [6, 6.07) is 10.8. The molecule has 0 aliphatic heterocycles. The minimum absolute atomic E-state index is 0.219. The molecule has 0 aromatic carbocycles. The van der Waals surface area contributed by atoms with Crippen LogP contribution in [0.15, 0.2) is 48.8 Å². The van der Waals surface area contributed by atoms with E-state index in [1.165, 1.54) is 0 Å². The van der Waals surface area contributed by atoms with Crippen LogP contribution in [0.3, 0.4) is 0 Å². The van der Waals surface area contributed by atoms with E-state index in [2.05, 4.69) is 30.7 Å². The molecule has 0 unspecified atom stereocenters. The van der Waals surface area contributed by atoms with Crippen molar-refractivity contribution in [3.63, 3.8) is 0 Å². The molecule has 0 aliphatic carbocycles. The normalized spacial score (nSPS) is 10.9. The Balaban J connectivity index is 1.55. The van der Waals surface area contributed by atoms with Crippen molar-refractivity contribution in [1.82, 2.24) is 29.9 Å². The van der Waals surface area contributed by atoms with E-state index in [1.807, 2.05) is 38.2 Å². The second-order valence-electron chi connectivity index (χ2n) is 7.73. The second kappa shape index (κ2) is 9.51. The molecular formula is C23H25N7O3. The van der Waals surface area contributed by atoms with E-state index in [1.54, 1.807) is 43.1 Å². The number of nitrogens with zero attached hydrogens (tertiary/aromatic N) is 5. The Hall–Kier alpha value is -4.21. The zero-order valence-electron chi connectivity index (χ0n) is 18.9. The predicted octanol–water partition coefficient (Wildman–Crippen LogP) is 3.33. The minimum atomic E-state index is -0.219. The molecule has 0 aliphatic rings. The predicted molar refractivity (Wildman–Crippen MR) is 124 cm³/mol.